The van der Waals surface area contributed by atoms with E-state index in [9.17, 15) is 14.7 Å². The lowest BCUT2D eigenvalue weighted by Crippen LogP contribution is -2.48. The van der Waals surface area contributed by atoms with E-state index in [-0.39, 0.29) is 12.6 Å². The van der Waals surface area contributed by atoms with Crippen LogP contribution < -0.4 is 10.6 Å². The summed E-state index contributed by atoms with van der Waals surface area (Å²) in [6.45, 7) is 5.26. The van der Waals surface area contributed by atoms with Gasteiger partial charge in [-0.2, -0.15) is 0 Å². The summed E-state index contributed by atoms with van der Waals surface area (Å²) in [5.41, 5.74) is -0.767. The topological polar surface area (TPSA) is 78.4 Å². The third kappa shape index (κ3) is 3.64. The van der Waals surface area contributed by atoms with E-state index in [1.165, 1.54) is 6.42 Å². The lowest BCUT2D eigenvalue weighted by molar-refractivity contribution is -0.151. The number of hydrogen-bond acceptors (Lipinski definition) is 2. The van der Waals surface area contributed by atoms with Gasteiger partial charge in [0, 0.05) is 13.1 Å². The van der Waals surface area contributed by atoms with Gasteiger partial charge >= 0.3 is 12.0 Å². The molecule has 3 N–H and O–H groups in total. The first-order valence-electron chi connectivity index (χ1n) is 7.68. The summed E-state index contributed by atoms with van der Waals surface area (Å²) >= 11 is 0. The normalized spacial score (nSPS) is 36.2. The third-order valence-electron chi connectivity index (χ3n) is 5.07. The zero-order valence-corrected chi connectivity index (χ0v) is 12.4. The van der Waals surface area contributed by atoms with Crippen LogP contribution >= 0.6 is 0 Å². The maximum atomic E-state index is 11.7. The van der Waals surface area contributed by atoms with Crippen LogP contribution in [0.3, 0.4) is 0 Å². The van der Waals surface area contributed by atoms with Crippen molar-refractivity contribution in [2.24, 2.45) is 23.2 Å². The Bertz CT molecular complexity index is 375. The minimum absolute atomic E-state index is 0.233. The fraction of sp³-hybridized carbons (Fsp3) is 0.867. The molecule has 0 radical (unpaired) electrons. The van der Waals surface area contributed by atoms with Gasteiger partial charge in [0.2, 0.25) is 0 Å². The average molecular weight is 282 g/mol. The second-order valence-electron chi connectivity index (χ2n) is 6.80. The molecule has 0 heterocycles. The fourth-order valence-electron chi connectivity index (χ4n) is 3.00. The van der Waals surface area contributed by atoms with Gasteiger partial charge in [0.15, 0.2) is 0 Å². The van der Waals surface area contributed by atoms with E-state index in [2.05, 4.69) is 24.5 Å². The molecule has 0 aromatic heterocycles. The van der Waals surface area contributed by atoms with Gasteiger partial charge in [0.1, 0.15) is 0 Å². The van der Waals surface area contributed by atoms with Gasteiger partial charge < -0.3 is 15.7 Å². The minimum Gasteiger partial charge on any atom is -0.481 e. The highest BCUT2D eigenvalue weighted by Gasteiger charge is 2.41. The number of carboxylic acids is 1. The van der Waals surface area contributed by atoms with Gasteiger partial charge in [0.05, 0.1) is 5.41 Å². The molecule has 2 unspecified atom stereocenters. The van der Waals surface area contributed by atoms with Crippen molar-refractivity contribution in [2.75, 3.05) is 13.1 Å². The second kappa shape index (κ2) is 6.02. The first-order chi connectivity index (χ1) is 9.43. The van der Waals surface area contributed by atoms with E-state index in [1.807, 2.05) is 0 Å². The summed E-state index contributed by atoms with van der Waals surface area (Å²) < 4.78 is 0. The third-order valence-corrected chi connectivity index (χ3v) is 5.07. The first kappa shape index (κ1) is 15.1. The van der Waals surface area contributed by atoms with Gasteiger partial charge in [-0.05, 0) is 49.9 Å². The van der Waals surface area contributed by atoms with Crippen molar-refractivity contribution < 1.29 is 14.7 Å². The molecular weight excluding hydrogens is 256 g/mol. The molecule has 0 aliphatic heterocycles. The van der Waals surface area contributed by atoms with E-state index < -0.39 is 11.4 Å². The quantitative estimate of drug-likeness (QED) is 0.723. The monoisotopic (exact) mass is 282 g/mol. The standard InChI is InChI=1S/C15H26N2O3/c1-10-3-5-15(6-4-10,13(18)19)9-17-14(20)16-8-12-7-11(12)2/h10-12H,3-9H2,1-2H3,(H,18,19)(H2,16,17,20). The Labute approximate surface area is 120 Å². The predicted molar refractivity (Wildman–Crippen MR) is 76.4 cm³/mol. The van der Waals surface area contributed by atoms with Gasteiger partial charge in [-0.1, -0.05) is 13.8 Å². The first-order valence-corrected chi connectivity index (χ1v) is 7.68. The molecule has 0 aromatic carbocycles. The SMILES string of the molecule is CC1CCC(CNC(=O)NCC2CC2C)(C(=O)O)CC1. The van der Waals surface area contributed by atoms with Crippen LogP contribution in [0.4, 0.5) is 4.79 Å². The van der Waals surface area contributed by atoms with Crippen LogP contribution in [0, 0.1) is 23.2 Å². The van der Waals surface area contributed by atoms with Crippen molar-refractivity contribution in [2.45, 2.75) is 46.0 Å². The van der Waals surface area contributed by atoms with E-state index in [0.717, 1.165) is 12.8 Å². The summed E-state index contributed by atoms with van der Waals surface area (Å²) in [5.74, 6) is 1.12. The summed E-state index contributed by atoms with van der Waals surface area (Å²) in [4.78, 5) is 23.3. The Morgan fingerprint density at radius 2 is 1.80 bits per heavy atom. The molecule has 2 saturated carbocycles. The van der Waals surface area contributed by atoms with E-state index in [1.54, 1.807) is 0 Å². The molecule has 2 aliphatic carbocycles. The Kier molecular flexibility index (Phi) is 4.55. The Balaban J connectivity index is 1.77. The largest absolute Gasteiger partial charge is 0.481 e. The Morgan fingerprint density at radius 1 is 1.20 bits per heavy atom. The van der Waals surface area contributed by atoms with Crippen molar-refractivity contribution in [1.82, 2.24) is 10.6 Å². The molecule has 2 rings (SSSR count). The summed E-state index contributed by atoms with van der Waals surface area (Å²) in [6, 6.07) is -0.233. The molecule has 0 aromatic rings. The molecule has 5 heteroatoms. The molecule has 0 bridgehead atoms. The molecule has 114 valence electrons. The molecule has 20 heavy (non-hydrogen) atoms. The maximum Gasteiger partial charge on any atom is 0.314 e. The highest BCUT2D eigenvalue weighted by Crippen LogP contribution is 2.39. The lowest BCUT2D eigenvalue weighted by Gasteiger charge is -2.35. The van der Waals surface area contributed by atoms with Crippen LogP contribution in [-0.4, -0.2) is 30.2 Å². The number of aliphatic carboxylic acids is 1. The zero-order chi connectivity index (χ0) is 14.8. The molecule has 0 saturated heterocycles. The minimum atomic E-state index is -0.777. The van der Waals surface area contributed by atoms with Crippen LogP contribution in [0.15, 0.2) is 0 Å². The lowest BCUT2D eigenvalue weighted by atomic mass is 9.71. The summed E-state index contributed by atoms with van der Waals surface area (Å²) in [7, 11) is 0. The van der Waals surface area contributed by atoms with E-state index in [4.69, 9.17) is 0 Å². The second-order valence-corrected chi connectivity index (χ2v) is 6.80. The van der Waals surface area contributed by atoms with Crippen LogP contribution in [-0.2, 0) is 4.79 Å². The number of carboxylic acid groups (broad SMARTS) is 1. The summed E-state index contributed by atoms with van der Waals surface area (Å²) in [5, 5.41) is 15.1. The molecule has 2 fully saturated rings. The predicted octanol–water partition coefficient (Wildman–Crippen LogP) is 2.22. The highest BCUT2D eigenvalue weighted by atomic mass is 16.4. The van der Waals surface area contributed by atoms with Crippen molar-refractivity contribution in [1.29, 1.82) is 0 Å². The number of rotatable bonds is 5. The number of amides is 2. The average Bonchev–Trinajstić information content (AvgIpc) is 3.12. The maximum absolute atomic E-state index is 11.7. The molecule has 2 atom stereocenters. The van der Waals surface area contributed by atoms with Gasteiger partial charge in [-0.25, -0.2) is 4.79 Å². The zero-order valence-electron chi connectivity index (χ0n) is 12.4. The van der Waals surface area contributed by atoms with Crippen LogP contribution in [0.1, 0.15) is 46.0 Å². The van der Waals surface area contributed by atoms with Gasteiger partial charge in [-0.3, -0.25) is 4.79 Å². The molecule has 5 nitrogen and oxygen atoms in total. The number of hydrogen-bond donors (Lipinski definition) is 3. The Hall–Kier alpha value is -1.26. The van der Waals surface area contributed by atoms with Crippen molar-refractivity contribution >= 4 is 12.0 Å². The molecular formula is C15H26N2O3. The number of carbonyl (C=O) groups is 2. The van der Waals surface area contributed by atoms with Crippen molar-refractivity contribution in [3.63, 3.8) is 0 Å². The number of nitrogens with one attached hydrogen (secondary N) is 2. The number of urea groups is 1. The highest BCUT2D eigenvalue weighted by molar-refractivity contribution is 5.78. The van der Waals surface area contributed by atoms with Crippen LogP contribution in [0.2, 0.25) is 0 Å². The molecule has 0 spiro atoms. The van der Waals surface area contributed by atoms with E-state index >= 15 is 0 Å². The molecule has 2 amide bonds. The van der Waals surface area contributed by atoms with Crippen molar-refractivity contribution in [3.8, 4) is 0 Å². The van der Waals surface area contributed by atoms with Crippen LogP contribution in [0.5, 0.6) is 0 Å². The van der Waals surface area contributed by atoms with E-state index in [0.29, 0.717) is 37.1 Å². The Morgan fingerprint density at radius 3 is 2.30 bits per heavy atom. The van der Waals surface area contributed by atoms with Gasteiger partial charge in [-0.15, -0.1) is 0 Å². The molecule has 2 aliphatic rings. The summed E-state index contributed by atoms with van der Waals surface area (Å²) in [6.07, 6.45) is 4.34. The van der Waals surface area contributed by atoms with Crippen LogP contribution in [0.25, 0.3) is 0 Å². The smallest absolute Gasteiger partial charge is 0.314 e. The fourth-order valence-corrected chi connectivity index (χ4v) is 3.00. The van der Waals surface area contributed by atoms with Gasteiger partial charge in [0.25, 0.3) is 0 Å². The number of carbonyl (C=O) groups excluding carboxylic acids is 1. The van der Waals surface area contributed by atoms with Crippen molar-refractivity contribution in [3.05, 3.63) is 0 Å².